The lowest BCUT2D eigenvalue weighted by atomic mass is 10.2. The summed E-state index contributed by atoms with van der Waals surface area (Å²) in [5, 5.41) is 19.0. The number of sulfonamides is 1. The summed E-state index contributed by atoms with van der Waals surface area (Å²) in [7, 11) is -4.34. The van der Waals surface area contributed by atoms with Crippen LogP contribution in [0.1, 0.15) is 5.56 Å². The van der Waals surface area contributed by atoms with Crippen LogP contribution >= 0.6 is 0 Å². The Morgan fingerprint density at radius 2 is 1.86 bits per heavy atom. The first-order chi connectivity index (χ1) is 9.66. The Morgan fingerprint density at radius 1 is 1.29 bits per heavy atom. The summed E-state index contributed by atoms with van der Waals surface area (Å²) in [5.41, 5.74) is 0.117. The molecule has 112 valence electrons. The summed E-state index contributed by atoms with van der Waals surface area (Å²) in [5.74, 6) is -2.62. The van der Waals surface area contributed by atoms with E-state index in [0.717, 1.165) is 23.0 Å². The minimum atomic E-state index is -4.34. The molecule has 1 aromatic carbocycles. The van der Waals surface area contributed by atoms with E-state index in [-0.39, 0.29) is 12.1 Å². The summed E-state index contributed by atoms with van der Waals surface area (Å²) in [6.07, 6.45) is 0.830. The zero-order valence-electron chi connectivity index (χ0n) is 10.2. The molecule has 11 heteroatoms. The summed E-state index contributed by atoms with van der Waals surface area (Å²) >= 11 is 0. The fraction of sp³-hybridized carbons (Fsp3) is 0.100. The SMILES string of the molecule is NS(=O)(=O)c1cn(Cc2cc(F)cc(F)c2)nc1[N+](=O)[O-]. The molecule has 0 amide bonds. The van der Waals surface area contributed by atoms with Gasteiger partial charge in [-0.3, -0.25) is 0 Å². The van der Waals surface area contributed by atoms with E-state index in [1.54, 1.807) is 0 Å². The third kappa shape index (κ3) is 3.38. The molecule has 1 heterocycles. The van der Waals surface area contributed by atoms with Gasteiger partial charge in [-0.2, -0.15) is 4.68 Å². The van der Waals surface area contributed by atoms with Gasteiger partial charge in [0.1, 0.15) is 11.6 Å². The molecule has 0 saturated heterocycles. The molecule has 0 radical (unpaired) electrons. The van der Waals surface area contributed by atoms with Crippen LogP contribution in [0.15, 0.2) is 29.3 Å². The summed E-state index contributed by atoms with van der Waals surface area (Å²) in [4.78, 5) is 8.95. The third-order valence-electron chi connectivity index (χ3n) is 2.46. The van der Waals surface area contributed by atoms with E-state index in [4.69, 9.17) is 5.14 Å². The highest BCUT2D eigenvalue weighted by Gasteiger charge is 2.28. The standard InChI is InChI=1S/C10H8F2N4O4S/c11-7-1-6(2-8(12)3-7)4-15-5-9(21(13,19)20)10(14-15)16(17)18/h1-3,5H,4H2,(H2,13,19,20). The largest absolute Gasteiger partial charge is 0.410 e. The van der Waals surface area contributed by atoms with Crippen LogP contribution in [0.3, 0.4) is 0 Å². The molecule has 0 unspecified atom stereocenters. The van der Waals surface area contributed by atoms with E-state index in [1.165, 1.54) is 0 Å². The number of primary sulfonamides is 1. The van der Waals surface area contributed by atoms with Crippen LogP contribution in [0.5, 0.6) is 0 Å². The van der Waals surface area contributed by atoms with Crippen LogP contribution in [0, 0.1) is 21.7 Å². The van der Waals surface area contributed by atoms with Crippen molar-refractivity contribution in [2.45, 2.75) is 11.4 Å². The van der Waals surface area contributed by atoms with E-state index < -0.39 is 37.3 Å². The Morgan fingerprint density at radius 3 is 2.29 bits per heavy atom. The van der Waals surface area contributed by atoms with Gasteiger partial charge in [-0.1, -0.05) is 0 Å². The zero-order valence-corrected chi connectivity index (χ0v) is 11.0. The molecule has 0 aliphatic rings. The second-order valence-corrected chi connectivity index (χ2v) is 5.62. The van der Waals surface area contributed by atoms with Gasteiger partial charge < -0.3 is 10.1 Å². The first-order valence-electron chi connectivity index (χ1n) is 5.36. The van der Waals surface area contributed by atoms with Crippen LogP contribution in [0.25, 0.3) is 0 Å². The van der Waals surface area contributed by atoms with Crippen molar-refractivity contribution in [3.63, 3.8) is 0 Å². The third-order valence-corrected chi connectivity index (χ3v) is 3.36. The van der Waals surface area contributed by atoms with Crippen LogP contribution in [-0.2, 0) is 16.6 Å². The maximum Gasteiger partial charge on any atom is 0.410 e. The quantitative estimate of drug-likeness (QED) is 0.659. The van der Waals surface area contributed by atoms with Crippen molar-refractivity contribution >= 4 is 15.8 Å². The Labute approximate surface area is 117 Å². The lowest BCUT2D eigenvalue weighted by Gasteiger charge is -1.99. The topological polar surface area (TPSA) is 121 Å². The summed E-state index contributed by atoms with van der Waals surface area (Å²) in [6, 6.07) is 2.64. The van der Waals surface area contributed by atoms with Gasteiger partial charge in [-0.05, 0) is 22.6 Å². The molecule has 0 aliphatic heterocycles. The Kier molecular flexibility index (Phi) is 3.70. The van der Waals surface area contributed by atoms with Gasteiger partial charge in [0.15, 0.2) is 0 Å². The molecular weight excluding hydrogens is 310 g/mol. The first kappa shape index (κ1) is 15.0. The van der Waals surface area contributed by atoms with E-state index in [0.29, 0.717) is 6.07 Å². The first-order valence-corrected chi connectivity index (χ1v) is 6.91. The molecular formula is C10H8F2N4O4S. The predicted octanol–water partition coefficient (Wildman–Crippen LogP) is 0.765. The maximum absolute atomic E-state index is 13.0. The summed E-state index contributed by atoms with van der Waals surface area (Å²) < 4.78 is 49.4. The van der Waals surface area contributed by atoms with Gasteiger partial charge in [0.2, 0.25) is 14.9 Å². The average molecular weight is 318 g/mol. The highest BCUT2D eigenvalue weighted by atomic mass is 32.2. The van der Waals surface area contributed by atoms with Crippen molar-refractivity contribution < 1.29 is 22.1 Å². The average Bonchev–Trinajstić information content (AvgIpc) is 2.71. The number of halogens is 2. The molecule has 0 saturated carbocycles. The van der Waals surface area contributed by atoms with Crippen LogP contribution in [0.4, 0.5) is 14.6 Å². The van der Waals surface area contributed by atoms with E-state index in [1.807, 2.05) is 0 Å². The number of nitrogens with two attached hydrogens (primary N) is 1. The van der Waals surface area contributed by atoms with Crippen molar-refractivity contribution in [2.75, 3.05) is 0 Å². The van der Waals surface area contributed by atoms with Crippen molar-refractivity contribution in [1.82, 2.24) is 9.78 Å². The highest BCUT2D eigenvalue weighted by Crippen LogP contribution is 2.21. The minimum Gasteiger partial charge on any atom is -0.358 e. The Bertz CT molecular complexity index is 798. The number of rotatable bonds is 4. The second kappa shape index (κ2) is 5.18. The Hall–Kier alpha value is -2.40. The van der Waals surface area contributed by atoms with E-state index >= 15 is 0 Å². The van der Waals surface area contributed by atoms with Gasteiger partial charge in [-0.25, -0.2) is 22.3 Å². The van der Waals surface area contributed by atoms with Crippen molar-refractivity contribution in [2.24, 2.45) is 5.14 Å². The van der Waals surface area contributed by atoms with Gasteiger partial charge in [0.05, 0.1) is 17.8 Å². The number of hydrogen-bond donors (Lipinski definition) is 1. The molecule has 21 heavy (non-hydrogen) atoms. The van der Waals surface area contributed by atoms with E-state index in [9.17, 15) is 27.3 Å². The number of nitro groups is 1. The van der Waals surface area contributed by atoms with Gasteiger partial charge in [0, 0.05) is 6.07 Å². The maximum atomic E-state index is 13.0. The normalized spacial score (nSPS) is 11.6. The van der Waals surface area contributed by atoms with Crippen molar-refractivity contribution in [3.05, 3.63) is 51.7 Å². The molecule has 2 rings (SSSR count). The van der Waals surface area contributed by atoms with Gasteiger partial charge in [-0.15, -0.1) is 0 Å². The zero-order chi connectivity index (χ0) is 15.8. The molecule has 2 N–H and O–H groups in total. The number of hydrogen-bond acceptors (Lipinski definition) is 5. The van der Waals surface area contributed by atoms with Crippen LogP contribution in [-0.4, -0.2) is 23.1 Å². The molecule has 0 atom stereocenters. The lowest BCUT2D eigenvalue weighted by Crippen LogP contribution is -2.13. The smallest absolute Gasteiger partial charge is 0.358 e. The highest BCUT2D eigenvalue weighted by molar-refractivity contribution is 7.89. The van der Waals surface area contributed by atoms with Gasteiger partial charge in [0.25, 0.3) is 0 Å². The van der Waals surface area contributed by atoms with Crippen LogP contribution in [0.2, 0.25) is 0 Å². The minimum absolute atomic E-state index is 0.117. The molecule has 0 fully saturated rings. The lowest BCUT2D eigenvalue weighted by molar-refractivity contribution is -0.392. The molecule has 8 nitrogen and oxygen atoms in total. The molecule has 2 aromatic rings. The van der Waals surface area contributed by atoms with E-state index in [2.05, 4.69) is 5.10 Å². The molecule has 0 bridgehead atoms. The number of aromatic nitrogens is 2. The fourth-order valence-corrected chi connectivity index (χ4v) is 2.33. The number of benzene rings is 1. The summed E-state index contributed by atoms with van der Waals surface area (Å²) in [6.45, 7) is -0.259. The monoisotopic (exact) mass is 318 g/mol. The molecule has 0 spiro atoms. The second-order valence-electron chi connectivity index (χ2n) is 4.09. The Balaban J connectivity index is 2.44. The molecule has 1 aromatic heterocycles. The van der Waals surface area contributed by atoms with Gasteiger partial charge >= 0.3 is 5.82 Å². The predicted molar refractivity (Wildman–Crippen MR) is 65.7 cm³/mol. The molecule has 0 aliphatic carbocycles. The van der Waals surface area contributed by atoms with Crippen molar-refractivity contribution in [3.8, 4) is 0 Å². The number of nitrogens with zero attached hydrogens (tertiary/aromatic N) is 3. The fourth-order valence-electron chi connectivity index (χ4n) is 1.69. The van der Waals surface area contributed by atoms with Crippen LogP contribution < -0.4 is 5.14 Å². The van der Waals surface area contributed by atoms with Crippen molar-refractivity contribution in [1.29, 1.82) is 0 Å².